The number of aryl methyl sites for hydroxylation is 1. The Hall–Kier alpha value is -2.85. The van der Waals surface area contributed by atoms with Gasteiger partial charge in [0.1, 0.15) is 10.8 Å². The first-order chi connectivity index (χ1) is 12.5. The number of carbonyl (C=O) groups is 2. The number of hydrogen-bond donors (Lipinski definition) is 2. The SMILES string of the molecule is COc1ccc(C(=O)Nc2nc(CC(=O)Nc3nnc(C)s3)cs2)cc1. The van der Waals surface area contributed by atoms with Crippen molar-refractivity contribution < 1.29 is 14.3 Å². The largest absolute Gasteiger partial charge is 0.497 e. The van der Waals surface area contributed by atoms with Crippen molar-refractivity contribution >= 4 is 44.8 Å². The molecule has 0 atom stereocenters. The summed E-state index contributed by atoms with van der Waals surface area (Å²) in [6.45, 7) is 1.81. The highest BCUT2D eigenvalue weighted by Gasteiger charge is 2.12. The van der Waals surface area contributed by atoms with Crippen molar-refractivity contribution in [2.24, 2.45) is 0 Å². The Kier molecular flexibility index (Phi) is 5.54. The molecule has 0 fully saturated rings. The number of anilines is 2. The molecule has 0 aliphatic heterocycles. The lowest BCUT2D eigenvalue weighted by molar-refractivity contribution is -0.115. The summed E-state index contributed by atoms with van der Waals surface area (Å²) in [6, 6.07) is 6.75. The third-order valence-corrected chi connectivity index (χ3v) is 4.80. The lowest BCUT2D eigenvalue weighted by Gasteiger charge is -2.03. The monoisotopic (exact) mass is 389 g/mol. The van der Waals surface area contributed by atoms with Crippen LogP contribution in [0.1, 0.15) is 21.1 Å². The van der Waals surface area contributed by atoms with E-state index in [1.807, 2.05) is 6.92 Å². The fraction of sp³-hybridized carbons (Fsp3) is 0.188. The van der Waals surface area contributed by atoms with Gasteiger partial charge in [0, 0.05) is 10.9 Å². The minimum atomic E-state index is -0.276. The number of aromatic nitrogens is 3. The van der Waals surface area contributed by atoms with Gasteiger partial charge >= 0.3 is 0 Å². The van der Waals surface area contributed by atoms with Crippen LogP contribution in [0.4, 0.5) is 10.3 Å². The number of methoxy groups -OCH3 is 1. The average molecular weight is 389 g/mol. The van der Waals surface area contributed by atoms with Gasteiger partial charge in [-0.05, 0) is 31.2 Å². The van der Waals surface area contributed by atoms with Crippen LogP contribution in [0.25, 0.3) is 0 Å². The molecule has 8 nitrogen and oxygen atoms in total. The van der Waals surface area contributed by atoms with Gasteiger partial charge in [0.05, 0.1) is 19.2 Å². The van der Waals surface area contributed by atoms with Gasteiger partial charge in [-0.15, -0.1) is 21.5 Å². The Morgan fingerprint density at radius 3 is 2.54 bits per heavy atom. The van der Waals surface area contributed by atoms with Crippen molar-refractivity contribution in [3.8, 4) is 5.75 Å². The first-order valence-corrected chi connectivity index (χ1v) is 9.23. The highest BCUT2D eigenvalue weighted by Crippen LogP contribution is 2.19. The van der Waals surface area contributed by atoms with E-state index in [9.17, 15) is 9.59 Å². The van der Waals surface area contributed by atoms with Gasteiger partial charge < -0.3 is 10.1 Å². The second-order valence-corrected chi connectivity index (χ2v) is 7.22. The number of amides is 2. The van der Waals surface area contributed by atoms with E-state index in [4.69, 9.17) is 4.74 Å². The second-order valence-electron chi connectivity index (χ2n) is 5.18. The van der Waals surface area contributed by atoms with E-state index < -0.39 is 0 Å². The van der Waals surface area contributed by atoms with Crippen molar-refractivity contribution in [2.75, 3.05) is 17.7 Å². The van der Waals surface area contributed by atoms with Gasteiger partial charge in [-0.3, -0.25) is 14.9 Å². The Morgan fingerprint density at radius 2 is 1.88 bits per heavy atom. The number of nitrogens with zero attached hydrogens (tertiary/aromatic N) is 3. The van der Waals surface area contributed by atoms with Crippen LogP contribution in [0.15, 0.2) is 29.6 Å². The summed E-state index contributed by atoms with van der Waals surface area (Å²) in [5.74, 6) is 0.163. The van der Waals surface area contributed by atoms with E-state index in [1.54, 1.807) is 36.8 Å². The number of rotatable bonds is 6. The van der Waals surface area contributed by atoms with Crippen LogP contribution in [-0.4, -0.2) is 34.1 Å². The topological polar surface area (TPSA) is 106 Å². The van der Waals surface area contributed by atoms with Crippen LogP contribution in [0.2, 0.25) is 0 Å². The number of benzene rings is 1. The van der Waals surface area contributed by atoms with Gasteiger partial charge in [0.25, 0.3) is 5.91 Å². The zero-order valence-corrected chi connectivity index (χ0v) is 15.6. The molecule has 0 radical (unpaired) electrons. The maximum Gasteiger partial charge on any atom is 0.257 e. The predicted octanol–water partition coefficient (Wildman–Crippen LogP) is 2.75. The molecule has 3 rings (SSSR count). The van der Waals surface area contributed by atoms with E-state index in [1.165, 1.54) is 22.7 Å². The molecule has 0 aliphatic rings. The average Bonchev–Trinajstić information content (AvgIpc) is 3.23. The summed E-state index contributed by atoms with van der Waals surface area (Å²) >= 11 is 2.56. The minimum Gasteiger partial charge on any atom is -0.497 e. The van der Waals surface area contributed by atoms with Crippen LogP contribution in [-0.2, 0) is 11.2 Å². The van der Waals surface area contributed by atoms with Crippen molar-refractivity contribution in [2.45, 2.75) is 13.3 Å². The first-order valence-electron chi connectivity index (χ1n) is 7.53. The van der Waals surface area contributed by atoms with Crippen molar-refractivity contribution in [3.05, 3.63) is 45.9 Å². The molecule has 0 saturated carbocycles. The molecule has 2 N–H and O–H groups in total. The molecular weight excluding hydrogens is 374 g/mol. The fourth-order valence-electron chi connectivity index (χ4n) is 2.03. The van der Waals surface area contributed by atoms with Crippen LogP contribution >= 0.6 is 22.7 Å². The van der Waals surface area contributed by atoms with Crippen LogP contribution < -0.4 is 15.4 Å². The lowest BCUT2D eigenvalue weighted by Crippen LogP contribution is -2.15. The molecule has 10 heteroatoms. The zero-order chi connectivity index (χ0) is 18.5. The smallest absolute Gasteiger partial charge is 0.257 e. The van der Waals surface area contributed by atoms with Gasteiger partial charge in [0.15, 0.2) is 5.13 Å². The number of carbonyl (C=O) groups excluding carboxylic acids is 2. The quantitative estimate of drug-likeness (QED) is 0.671. The van der Waals surface area contributed by atoms with E-state index in [0.717, 1.165) is 5.01 Å². The van der Waals surface area contributed by atoms with Crippen molar-refractivity contribution in [1.29, 1.82) is 0 Å². The van der Waals surface area contributed by atoms with Gasteiger partial charge in [-0.1, -0.05) is 11.3 Å². The molecule has 134 valence electrons. The Morgan fingerprint density at radius 1 is 1.12 bits per heavy atom. The number of ether oxygens (including phenoxy) is 1. The van der Waals surface area contributed by atoms with E-state index in [-0.39, 0.29) is 18.2 Å². The molecule has 0 aliphatic carbocycles. The Balaban J connectivity index is 1.56. The molecule has 1 aromatic carbocycles. The normalized spacial score (nSPS) is 10.4. The van der Waals surface area contributed by atoms with E-state index in [0.29, 0.717) is 27.3 Å². The Bertz CT molecular complexity index is 920. The van der Waals surface area contributed by atoms with E-state index >= 15 is 0 Å². The summed E-state index contributed by atoms with van der Waals surface area (Å²) in [5, 5.41) is 16.5. The lowest BCUT2D eigenvalue weighted by atomic mass is 10.2. The maximum atomic E-state index is 12.2. The third-order valence-electron chi connectivity index (χ3n) is 3.24. The number of hydrogen-bond acceptors (Lipinski definition) is 8. The molecule has 2 aromatic heterocycles. The molecule has 0 spiro atoms. The fourth-order valence-corrected chi connectivity index (χ4v) is 3.35. The van der Waals surface area contributed by atoms with E-state index in [2.05, 4.69) is 25.8 Å². The minimum absolute atomic E-state index is 0.0908. The summed E-state index contributed by atoms with van der Waals surface area (Å²) in [7, 11) is 1.56. The van der Waals surface area contributed by atoms with Crippen molar-refractivity contribution in [1.82, 2.24) is 15.2 Å². The van der Waals surface area contributed by atoms with Crippen LogP contribution in [0.5, 0.6) is 5.75 Å². The highest BCUT2D eigenvalue weighted by atomic mass is 32.1. The van der Waals surface area contributed by atoms with Gasteiger partial charge in [-0.25, -0.2) is 4.98 Å². The number of nitrogens with one attached hydrogen (secondary N) is 2. The molecular formula is C16H15N5O3S2. The molecule has 3 aromatic rings. The predicted molar refractivity (Wildman–Crippen MR) is 100 cm³/mol. The summed E-state index contributed by atoms with van der Waals surface area (Å²) in [4.78, 5) is 28.5. The summed E-state index contributed by atoms with van der Waals surface area (Å²) < 4.78 is 5.06. The summed E-state index contributed by atoms with van der Waals surface area (Å²) in [6.07, 6.45) is 0.0908. The molecule has 26 heavy (non-hydrogen) atoms. The molecule has 2 heterocycles. The van der Waals surface area contributed by atoms with Crippen molar-refractivity contribution in [3.63, 3.8) is 0 Å². The molecule has 0 bridgehead atoms. The third kappa shape index (κ3) is 4.61. The van der Waals surface area contributed by atoms with Crippen LogP contribution in [0.3, 0.4) is 0 Å². The standard InChI is InChI=1S/C16H15N5O3S2/c1-9-20-21-16(26-9)18-13(22)7-11-8-25-15(17-11)19-14(23)10-3-5-12(24-2)6-4-10/h3-6,8H,7H2,1-2H3,(H,17,19,23)(H,18,21,22). The van der Waals surface area contributed by atoms with Gasteiger partial charge in [-0.2, -0.15) is 0 Å². The molecule has 2 amide bonds. The number of thiazole rings is 1. The van der Waals surface area contributed by atoms with Crippen LogP contribution in [0, 0.1) is 6.92 Å². The zero-order valence-electron chi connectivity index (χ0n) is 14.0. The first kappa shape index (κ1) is 18.0. The highest BCUT2D eigenvalue weighted by molar-refractivity contribution is 7.15. The Labute approximate surface area is 157 Å². The molecule has 0 unspecified atom stereocenters. The maximum absolute atomic E-state index is 12.2. The second kappa shape index (κ2) is 8.02. The summed E-state index contributed by atoms with van der Waals surface area (Å²) in [5.41, 5.74) is 1.06. The van der Waals surface area contributed by atoms with Gasteiger partial charge in [0.2, 0.25) is 11.0 Å². The molecule has 0 saturated heterocycles.